The molecular formula is C8H10F3O6S-. The minimum atomic E-state index is -6.08. The van der Waals surface area contributed by atoms with Crippen LogP contribution in [0.5, 0.6) is 0 Å². The van der Waals surface area contributed by atoms with Crippen molar-refractivity contribution < 1.29 is 40.4 Å². The van der Waals surface area contributed by atoms with Gasteiger partial charge in [0.2, 0.25) is 0 Å². The van der Waals surface area contributed by atoms with Gasteiger partial charge in [-0.25, -0.2) is 12.8 Å². The smallest absolute Gasteiger partial charge is 0.364 e. The molecule has 18 heavy (non-hydrogen) atoms. The molecule has 0 bridgehead atoms. The predicted molar refractivity (Wildman–Crippen MR) is 49.4 cm³/mol. The van der Waals surface area contributed by atoms with Crippen molar-refractivity contribution in [3.05, 3.63) is 0 Å². The molecule has 106 valence electrons. The zero-order valence-electron chi connectivity index (χ0n) is 8.97. The number of rotatable bonds is 6. The summed E-state index contributed by atoms with van der Waals surface area (Å²) in [6.07, 6.45) is -4.29. The van der Waals surface area contributed by atoms with Crippen molar-refractivity contribution in [3.63, 3.8) is 0 Å². The zero-order valence-corrected chi connectivity index (χ0v) is 9.79. The molecule has 6 nitrogen and oxygen atoms in total. The molecule has 0 aliphatic carbocycles. The lowest BCUT2D eigenvalue weighted by Gasteiger charge is -2.25. The number of carbonyl (C=O) groups excluding carboxylic acids is 1. The molecule has 0 aromatic heterocycles. The van der Waals surface area contributed by atoms with Gasteiger partial charge in [0.1, 0.15) is 5.92 Å². The Morgan fingerprint density at radius 3 is 2.44 bits per heavy atom. The van der Waals surface area contributed by atoms with Gasteiger partial charge in [-0.3, -0.25) is 4.79 Å². The van der Waals surface area contributed by atoms with Crippen molar-refractivity contribution in [1.29, 1.82) is 0 Å². The van der Waals surface area contributed by atoms with E-state index < -0.39 is 46.5 Å². The first kappa shape index (κ1) is 15.2. The van der Waals surface area contributed by atoms with Crippen LogP contribution in [0.2, 0.25) is 0 Å². The van der Waals surface area contributed by atoms with Gasteiger partial charge >= 0.3 is 11.2 Å². The van der Waals surface area contributed by atoms with E-state index in [1.165, 1.54) is 0 Å². The average Bonchev–Trinajstić information content (AvgIpc) is 2.12. The molecule has 1 fully saturated rings. The van der Waals surface area contributed by atoms with Gasteiger partial charge in [-0.2, -0.15) is 8.78 Å². The van der Waals surface area contributed by atoms with Gasteiger partial charge in [-0.05, 0) is 0 Å². The Morgan fingerprint density at radius 1 is 1.50 bits per heavy atom. The van der Waals surface area contributed by atoms with Crippen molar-refractivity contribution >= 4 is 16.1 Å². The highest BCUT2D eigenvalue weighted by Gasteiger charge is 2.47. The van der Waals surface area contributed by atoms with Crippen LogP contribution in [0, 0.1) is 5.92 Å². The Morgan fingerprint density at radius 2 is 2.06 bits per heavy atom. The van der Waals surface area contributed by atoms with Gasteiger partial charge in [0.15, 0.2) is 16.3 Å². The molecule has 1 rings (SSSR count). The number of ether oxygens (including phenoxy) is 2. The first-order chi connectivity index (χ1) is 8.16. The fourth-order valence-corrected chi connectivity index (χ4v) is 1.51. The van der Waals surface area contributed by atoms with Crippen LogP contribution in [-0.2, 0) is 24.4 Å². The van der Waals surface area contributed by atoms with Gasteiger partial charge in [0, 0.05) is 6.42 Å². The molecule has 0 radical (unpaired) electrons. The van der Waals surface area contributed by atoms with Gasteiger partial charge in [-0.1, -0.05) is 0 Å². The van der Waals surface area contributed by atoms with E-state index in [0.717, 1.165) is 0 Å². The van der Waals surface area contributed by atoms with Crippen LogP contribution < -0.4 is 0 Å². The van der Waals surface area contributed by atoms with Crippen LogP contribution in [0.3, 0.4) is 0 Å². The third-order valence-corrected chi connectivity index (χ3v) is 3.21. The van der Waals surface area contributed by atoms with Crippen molar-refractivity contribution in [2.24, 2.45) is 5.92 Å². The quantitative estimate of drug-likeness (QED) is 0.507. The molecule has 0 aromatic carbocycles. The normalized spacial score (nSPS) is 19.1. The van der Waals surface area contributed by atoms with Crippen molar-refractivity contribution in [2.45, 2.75) is 17.8 Å². The number of hydrogen-bond acceptors (Lipinski definition) is 6. The lowest BCUT2D eigenvalue weighted by molar-refractivity contribution is -0.164. The van der Waals surface area contributed by atoms with E-state index in [4.69, 9.17) is 0 Å². The minimum absolute atomic E-state index is 0.142. The first-order valence-corrected chi connectivity index (χ1v) is 6.28. The zero-order chi connectivity index (χ0) is 14.0. The Labute approximate surface area is 101 Å². The lowest BCUT2D eigenvalue weighted by Crippen LogP contribution is -2.40. The molecular weight excluding hydrogens is 281 g/mol. The van der Waals surface area contributed by atoms with Gasteiger partial charge in [0.25, 0.3) is 0 Å². The van der Waals surface area contributed by atoms with Gasteiger partial charge in [-0.15, -0.1) is 0 Å². The second-order valence-electron chi connectivity index (χ2n) is 3.67. The van der Waals surface area contributed by atoms with E-state index in [1.807, 2.05) is 0 Å². The fourth-order valence-electron chi connectivity index (χ4n) is 1.08. The standard InChI is InChI=1S/C8H11F3O6S/c9-6(8(10,11)18(13,14)15)1-2-17-7(12)5-3-16-4-5/h5-6H,1-4H2,(H,13,14,15)/p-1. The summed E-state index contributed by atoms with van der Waals surface area (Å²) < 4.78 is 77.5. The van der Waals surface area contributed by atoms with E-state index in [1.54, 1.807) is 0 Å². The largest absolute Gasteiger partial charge is 0.743 e. The molecule has 1 unspecified atom stereocenters. The summed E-state index contributed by atoms with van der Waals surface area (Å²) in [6.45, 7) is -0.451. The van der Waals surface area contributed by atoms with Crippen LogP contribution in [0.4, 0.5) is 13.2 Å². The van der Waals surface area contributed by atoms with Gasteiger partial charge in [0.05, 0.1) is 19.8 Å². The summed E-state index contributed by atoms with van der Waals surface area (Å²) in [5, 5.41) is -5.03. The van der Waals surface area contributed by atoms with Crippen LogP contribution in [-0.4, -0.2) is 50.2 Å². The maximum Gasteiger partial charge on any atom is 0.364 e. The topological polar surface area (TPSA) is 92.7 Å². The van der Waals surface area contributed by atoms with Crippen molar-refractivity contribution in [1.82, 2.24) is 0 Å². The Bertz CT molecular complexity index is 405. The number of alkyl halides is 3. The second-order valence-corrected chi connectivity index (χ2v) is 5.13. The Kier molecular flexibility index (Phi) is 4.56. The lowest BCUT2D eigenvalue weighted by atomic mass is 10.1. The van der Waals surface area contributed by atoms with E-state index in [9.17, 15) is 30.9 Å². The van der Waals surface area contributed by atoms with E-state index in [2.05, 4.69) is 9.47 Å². The summed E-state index contributed by atoms with van der Waals surface area (Å²) in [5.74, 6) is -1.24. The average molecular weight is 291 g/mol. The summed E-state index contributed by atoms with van der Waals surface area (Å²) in [6, 6.07) is 0. The highest BCUT2D eigenvalue weighted by Crippen LogP contribution is 2.29. The van der Waals surface area contributed by atoms with Crippen LogP contribution in [0.1, 0.15) is 6.42 Å². The number of carbonyl (C=O) groups is 1. The molecule has 0 aromatic rings. The first-order valence-electron chi connectivity index (χ1n) is 4.88. The number of esters is 1. The van der Waals surface area contributed by atoms with E-state index in [0.29, 0.717) is 0 Å². The van der Waals surface area contributed by atoms with E-state index in [-0.39, 0.29) is 13.2 Å². The maximum absolute atomic E-state index is 12.9. The second kappa shape index (κ2) is 5.41. The molecule has 0 amide bonds. The summed E-state index contributed by atoms with van der Waals surface area (Å²) in [5.41, 5.74) is 0. The molecule has 0 N–H and O–H groups in total. The molecule has 1 aliphatic rings. The summed E-state index contributed by atoms with van der Waals surface area (Å²) in [4.78, 5) is 11.1. The number of halogens is 3. The molecule has 1 heterocycles. The minimum Gasteiger partial charge on any atom is -0.743 e. The van der Waals surface area contributed by atoms with Crippen LogP contribution >= 0.6 is 0 Å². The van der Waals surface area contributed by atoms with Crippen molar-refractivity contribution in [3.8, 4) is 0 Å². The Balaban J connectivity index is 2.36. The molecule has 1 atom stereocenters. The van der Waals surface area contributed by atoms with Crippen molar-refractivity contribution in [2.75, 3.05) is 19.8 Å². The summed E-state index contributed by atoms with van der Waals surface area (Å²) in [7, 11) is -6.08. The third kappa shape index (κ3) is 3.33. The maximum atomic E-state index is 12.9. The molecule has 0 spiro atoms. The predicted octanol–water partition coefficient (Wildman–Crippen LogP) is 0.0422. The SMILES string of the molecule is O=C(OCCC(F)C(F)(F)S(=O)(=O)[O-])C1COC1. The highest BCUT2D eigenvalue weighted by molar-refractivity contribution is 7.86. The summed E-state index contributed by atoms with van der Waals surface area (Å²) >= 11 is 0. The van der Waals surface area contributed by atoms with Gasteiger partial charge < -0.3 is 14.0 Å². The molecule has 1 aliphatic heterocycles. The molecule has 1 saturated heterocycles. The fraction of sp³-hybridized carbons (Fsp3) is 0.875. The van der Waals surface area contributed by atoms with Crippen LogP contribution in [0.25, 0.3) is 0 Å². The monoisotopic (exact) mass is 291 g/mol. The molecule has 0 saturated carbocycles. The third-order valence-electron chi connectivity index (χ3n) is 2.29. The molecule has 10 heteroatoms. The number of hydrogen-bond donors (Lipinski definition) is 0. The Hall–Kier alpha value is -0.870. The highest BCUT2D eigenvalue weighted by atomic mass is 32.2. The van der Waals surface area contributed by atoms with E-state index >= 15 is 0 Å². The van der Waals surface area contributed by atoms with Crippen LogP contribution in [0.15, 0.2) is 0 Å².